The maximum absolute atomic E-state index is 13.1. The number of fused-ring (bicyclic) bond motifs is 2. The molecule has 3 heterocycles. The van der Waals surface area contributed by atoms with Crippen molar-refractivity contribution in [2.24, 2.45) is 5.92 Å². The van der Waals surface area contributed by atoms with Crippen LogP contribution in [0.15, 0.2) is 18.3 Å². The van der Waals surface area contributed by atoms with Gasteiger partial charge in [0.15, 0.2) is 0 Å². The molecule has 118 valence electrons. The van der Waals surface area contributed by atoms with Gasteiger partial charge in [-0.2, -0.15) is 0 Å². The van der Waals surface area contributed by atoms with Gasteiger partial charge in [-0.25, -0.2) is 0 Å². The van der Waals surface area contributed by atoms with E-state index < -0.39 is 0 Å². The summed E-state index contributed by atoms with van der Waals surface area (Å²) in [5.74, 6) is 1.13. The standard InChI is InChI=1S/C17H24N4O/c1-10-15(11(2)20-19-10)16-14(4-3-7-18-16)17(22)21-9-12-5-6-13(21)8-12/h3-4,7,10-13,15,19-20H,5-6,8-9H2,1-2H3/t10?,11?,12-,13+,15?/m0/s1. The number of hydrogen-bond acceptors (Lipinski definition) is 4. The zero-order valence-electron chi connectivity index (χ0n) is 13.2. The molecule has 4 atom stereocenters. The Morgan fingerprint density at radius 1 is 1.27 bits per heavy atom. The summed E-state index contributed by atoms with van der Waals surface area (Å²) in [6.07, 6.45) is 5.46. The van der Waals surface area contributed by atoms with Crippen LogP contribution in [0.1, 0.15) is 55.1 Å². The van der Waals surface area contributed by atoms with Gasteiger partial charge in [-0.05, 0) is 51.2 Å². The lowest BCUT2D eigenvalue weighted by molar-refractivity contribution is 0.0701. The fourth-order valence-electron chi connectivity index (χ4n) is 4.54. The van der Waals surface area contributed by atoms with Crippen LogP contribution < -0.4 is 10.9 Å². The molecule has 4 rings (SSSR count). The number of hydrogen-bond donors (Lipinski definition) is 2. The van der Waals surface area contributed by atoms with Crippen molar-refractivity contribution in [2.45, 2.75) is 57.2 Å². The molecule has 3 fully saturated rings. The van der Waals surface area contributed by atoms with Crippen LogP contribution >= 0.6 is 0 Å². The zero-order valence-corrected chi connectivity index (χ0v) is 13.2. The van der Waals surface area contributed by atoms with Gasteiger partial charge in [0.2, 0.25) is 0 Å². The molecule has 2 aliphatic heterocycles. The molecule has 5 heteroatoms. The van der Waals surface area contributed by atoms with Crippen LogP contribution in [0.3, 0.4) is 0 Å². The summed E-state index contributed by atoms with van der Waals surface area (Å²) in [4.78, 5) is 19.8. The van der Waals surface area contributed by atoms with Crippen molar-refractivity contribution in [3.63, 3.8) is 0 Å². The van der Waals surface area contributed by atoms with Gasteiger partial charge in [0.05, 0.1) is 11.3 Å². The van der Waals surface area contributed by atoms with E-state index in [1.807, 2.05) is 12.1 Å². The molecule has 1 aliphatic carbocycles. The minimum atomic E-state index is 0.182. The Kier molecular flexibility index (Phi) is 3.42. The number of nitrogens with zero attached hydrogens (tertiary/aromatic N) is 2. The number of pyridine rings is 1. The number of aromatic nitrogens is 1. The van der Waals surface area contributed by atoms with E-state index in [4.69, 9.17) is 0 Å². The number of amides is 1. The van der Waals surface area contributed by atoms with E-state index in [1.165, 1.54) is 19.3 Å². The molecule has 1 aromatic rings. The van der Waals surface area contributed by atoms with Gasteiger partial charge in [0.25, 0.3) is 5.91 Å². The van der Waals surface area contributed by atoms with Gasteiger partial charge in [-0.3, -0.25) is 20.6 Å². The Morgan fingerprint density at radius 3 is 2.68 bits per heavy atom. The third kappa shape index (κ3) is 2.15. The number of carbonyl (C=O) groups excluding carboxylic acids is 1. The maximum atomic E-state index is 13.1. The highest BCUT2D eigenvalue weighted by atomic mass is 16.2. The SMILES string of the molecule is CC1NNC(C)C1c1ncccc1C(=O)N1C[C@H]2CC[C@@H]1C2. The van der Waals surface area contributed by atoms with E-state index in [-0.39, 0.29) is 23.9 Å². The summed E-state index contributed by atoms with van der Waals surface area (Å²) in [6.45, 7) is 5.22. The van der Waals surface area contributed by atoms with Gasteiger partial charge < -0.3 is 4.90 Å². The fourth-order valence-corrected chi connectivity index (χ4v) is 4.54. The van der Waals surface area contributed by atoms with Gasteiger partial charge in [-0.1, -0.05) is 0 Å². The zero-order chi connectivity index (χ0) is 15.3. The van der Waals surface area contributed by atoms with Crippen molar-refractivity contribution >= 4 is 5.91 Å². The molecule has 22 heavy (non-hydrogen) atoms. The summed E-state index contributed by atoms with van der Waals surface area (Å²) in [5, 5.41) is 0. The monoisotopic (exact) mass is 300 g/mol. The van der Waals surface area contributed by atoms with E-state index in [0.717, 1.165) is 23.7 Å². The largest absolute Gasteiger partial charge is 0.335 e. The van der Waals surface area contributed by atoms with Crippen LogP contribution in [0.5, 0.6) is 0 Å². The lowest BCUT2D eigenvalue weighted by atomic mass is 9.89. The Hall–Kier alpha value is -1.46. The predicted octanol–water partition coefficient (Wildman–Crippen LogP) is 1.67. The lowest BCUT2D eigenvalue weighted by Crippen LogP contribution is -2.39. The molecular weight excluding hydrogens is 276 g/mol. The molecule has 1 amide bonds. The van der Waals surface area contributed by atoms with Crippen LogP contribution in [0.2, 0.25) is 0 Å². The first-order chi connectivity index (χ1) is 10.6. The third-order valence-corrected chi connectivity index (χ3v) is 5.67. The third-order valence-electron chi connectivity index (χ3n) is 5.67. The van der Waals surface area contributed by atoms with E-state index >= 15 is 0 Å². The molecule has 0 spiro atoms. The lowest BCUT2D eigenvalue weighted by Gasteiger charge is -2.29. The molecule has 0 aromatic carbocycles. The van der Waals surface area contributed by atoms with Crippen LogP contribution in [0.4, 0.5) is 0 Å². The van der Waals surface area contributed by atoms with Crippen LogP contribution in [-0.2, 0) is 0 Å². The predicted molar refractivity (Wildman–Crippen MR) is 84.3 cm³/mol. The van der Waals surface area contributed by atoms with Crippen molar-refractivity contribution in [3.05, 3.63) is 29.6 Å². The first-order valence-electron chi connectivity index (χ1n) is 8.42. The number of piperidine rings is 1. The Labute approximate surface area is 131 Å². The smallest absolute Gasteiger partial charge is 0.255 e. The van der Waals surface area contributed by atoms with Gasteiger partial charge >= 0.3 is 0 Å². The molecule has 1 saturated carbocycles. The first-order valence-corrected chi connectivity index (χ1v) is 8.42. The average Bonchev–Trinajstić information content (AvgIpc) is 3.23. The minimum Gasteiger partial charge on any atom is -0.335 e. The number of rotatable bonds is 2. The average molecular weight is 300 g/mol. The summed E-state index contributed by atoms with van der Waals surface area (Å²) in [5.41, 5.74) is 8.26. The molecule has 2 N–H and O–H groups in total. The normalized spacial score (nSPS) is 37.0. The summed E-state index contributed by atoms with van der Waals surface area (Å²) in [7, 11) is 0. The highest BCUT2D eigenvalue weighted by molar-refractivity contribution is 5.96. The van der Waals surface area contributed by atoms with E-state index in [9.17, 15) is 4.79 Å². The topological polar surface area (TPSA) is 57.3 Å². The van der Waals surface area contributed by atoms with E-state index in [1.54, 1.807) is 6.20 Å². The van der Waals surface area contributed by atoms with Crippen LogP contribution in [0, 0.1) is 5.92 Å². The second kappa shape index (κ2) is 5.32. The van der Waals surface area contributed by atoms with Crippen molar-refractivity contribution in [2.75, 3.05) is 6.54 Å². The molecule has 2 saturated heterocycles. The van der Waals surface area contributed by atoms with E-state index in [0.29, 0.717) is 6.04 Å². The molecule has 3 aliphatic rings. The Morgan fingerprint density at radius 2 is 2.05 bits per heavy atom. The van der Waals surface area contributed by atoms with Gasteiger partial charge in [-0.15, -0.1) is 0 Å². The number of likely N-dealkylation sites (tertiary alicyclic amines) is 1. The molecule has 1 aromatic heterocycles. The van der Waals surface area contributed by atoms with Gasteiger partial charge in [0, 0.05) is 36.8 Å². The molecule has 2 bridgehead atoms. The quantitative estimate of drug-likeness (QED) is 0.872. The Bertz CT molecular complexity index is 580. The second-order valence-electron chi connectivity index (χ2n) is 7.12. The molecule has 5 nitrogen and oxygen atoms in total. The van der Waals surface area contributed by atoms with E-state index in [2.05, 4.69) is 34.6 Å². The molecule has 2 unspecified atom stereocenters. The second-order valence-corrected chi connectivity index (χ2v) is 7.12. The van der Waals surface area contributed by atoms with Crippen LogP contribution in [-0.4, -0.2) is 40.5 Å². The van der Waals surface area contributed by atoms with Gasteiger partial charge in [0.1, 0.15) is 0 Å². The van der Waals surface area contributed by atoms with Crippen molar-refractivity contribution in [1.82, 2.24) is 20.7 Å². The number of hydrazine groups is 1. The van der Waals surface area contributed by atoms with Crippen LogP contribution in [0.25, 0.3) is 0 Å². The maximum Gasteiger partial charge on any atom is 0.255 e. The highest BCUT2D eigenvalue weighted by Crippen LogP contribution is 2.39. The van der Waals surface area contributed by atoms with Crippen molar-refractivity contribution in [3.8, 4) is 0 Å². The Balaban J connectivity index is 1.66. The number of carbonyl (C=O) groups is 1. The molecule has 0 radical (unpaired) electrons. The highest BCUT2D eigenvalue weighted by Gasteiger charge is 2.42. The minimum absolute atomic E-state index is 0.182. The summed E-state index contributed by atoms with van der Waals surface area (Å²) < 4.78 is 0. The fraction of sp³-hybridized carbons (Fsp3) is 0.647. The summed E-state index contributed by atoms with van der Waals surface area (Å²) in [6, 6.07) is 4.84. The van der Waals surface area contributed by atoms with Crippen molar-refractivity contribution in [1.29, 1.82) is 0 Å². The number of nitrogens with one attached hydrogen (secondary N) is 2. The first kappa shape index (κ1) is 14.2. The molecular formula is C17H24N4O. The van der Waals surface area contributed by atoms with Crippen molar-refractivity contribution < 1.29 is 4.79 Å². The summed E-state index contributed by atoms with van der Waals surface area (Å²) >= 11 is 0.